The summed E-state index contributed by atoms with van der Waals surface area (Å²) in [5.41, 5.74) is 6.86. The van der Waals surface area contributed by atoms with Crippen LogP contribution in [0.5, 0.6) is 0 Å². The van der Waals surface area contributed by atoms with Crippen LogP contribution in [-0.2, 0) is 10.8 Å². The van der Waals surface area contributed by atoms with Crippen LogP contribution in [-0.4, -0.2) is 0 Å². The highest BCUT2D eigenvalue weighted by molar-refractivity contribution is 5.64. The van der Waals surface area contributed by atoms with Gasteiger partial charge >= 0.3 is 0 Å². The molecular formula is C25H24. The van der Waals surface area contributed by atoms with Crippen LogP contribution in [0.2, 0.25) is 0 Å². The lowest BCUT2D eigenvalue weighted by atomic mass is 9.58. The van der Waals surface area contributed by atoms with E-state index in [1.54, 1.807) is 22.3 Å². The molecule has 0 amide bonds. The van der Waals surface area contributed by atoms with E-state index >= 15 is 0 Å². The van der Waals surface area contributed by atoms with Crippen molar-refractivity contribution in [3.05, 3.63) is 95.1 Å². The topological polar surface area (TPSA) is 0 Å². The first-order chi connectivity index (χ1) is 12.2. The Hall–Kier alpha value is -2.08. The molecule has 25 heavy (non-hydrogen) atoms. The van der Waals surface area contributed by atoms with Gasteiger partial charge in [0.1, 0.15) is 0 Å². The molecule has 0 heteroatoms. The molecule has 2 fully saturated rings. The van der Waals surface area contributed by atoms with Crippen LogP contribution in [0.1, 0.15) is 31.4 Å². The average Bonchev–Trinajstić information content (AvgIpc) is 3.21. The van der Waals surface area contributed by atoms with E-state index < -0.39 is 0 Å². The van der Waals surface area contributed by atoms with Crippen LogP contribution in [0.15, 0.2) is 84.0 Å². The second-order valence-electron chi connectivity index (χ2n) is 8.60. The smallest absolute Gasteiger partial charge is 0.0304 e. The van der Waals surface area contributed by atoms with E-state index in [0.29, 0.717) is 11.8 Å². The lowest BCUT2D eigenvalue weighted by molar-refractivity contribution is 0.277. The first kappa shape index (κ1) is 14.1. The third kappa shape index (κ3) is 1.30. The minimum absolute atomic E-state index is 0.184. The molecule has 0 N–H and O–H groups in total. The molecule has 5 aliphatic rings. The van der Waals surface area contributed by atoms with Crippen molar-refractivity contribution in [2.45, 2.75) is 31.1 Å². The lowest BCUT2D eigenvalue weighted by Crippen LogP contribution is -2.43. The van der Waals surface area contributed by atoms with E-state index in [-0.39, 0.29) is 10.8 Å². The summed E-state index contributed by atoms with van der Waals surface area (Å²) in [6.45, 7) is 4.83. The van der Waals surface area contributed by atoms with Crippen molar-refractivity contribution in [1.29, 1.82) is 0 Å². The molecule has 124 valence electrons. The van der Waals surface area contributed by atoms with Crippen LogP contribution in [0.4, 0.5) is 0 Å². The van der Waals surface area contributed by atoms with E-state index in [1.807, 2.05) is 0 Å². The van der Waals surface area contributed by atoms with Gasteiger partial charge in [-0.3, -0.25) is 0 Å². The molecule has 0 aliphatic heterocycles. The first-order valence-electron chi connectivity index (χ1n) is 9.71. The fourth-order valence-electron chi connectivity index (χ4n) is 7.52. The summed E-state index contributed by atoms with van der Waals surface area (Å²) < 4.78 is 0. The molecule has 7 rings (SSSR count). The molecule has 0 radical (unpaired) electrons. The van der Waals surface area contributed by atoms with E-state index in [2.05, 4.69) is 86.7 Å². The first-order valence-corrected chi connectivity index (χ1v) is 9.71. The Balaban J connectivity index is 1.73. The number of allylic oxidation sites excluding steroid dienone is 4. The van der Waals surface area contributed by atoms with Gasteiger partial charge in [0.2, 0.25) is 0 Å². The Kier molecular flexibility index (Phi) is 2.46. The molecule has 0 spiro atoms. The highest BCUT2D eigenvalue weighted by Gasteiger charge is 2.83. The number of hydrogen-bond donors (Lipinski definition) is 0. The Morgan fingerprint density at radius 1 is 0.760 bits per heavy atom. The van der Waals surface area contributed by atoms with E-state index in [9.17, 15) is 0 Å². The average molecular weight is 324 g/mol. The second kappa shape index (κ2) is 4.36. The zero-order valence-electron chi connectivity index (χ0n) is 14.9. The maximum absolute atomic E-state index is 2.59. The van der Waals surface area contributed by atoms with Crippen LogP contribution in [0.25, 0.3) is 0 Å². The maximum Gasteiger partial charge on any atom is 0.0304 e. The molecule has 0 heterocycles. The van der Waals surface area contributed by atoms with Crippen LogP contribution >= 0.6 is 0 Å². The predicted octanol–water partition coefficient (Wildman–Crippen LogP) is 5.66. The molecule has 6 atom stereocenters. The standard InChI is InChI=1S/C25H24/c1-16-17(2)24(18-9-5-3-6-10-18)22-15-23-21(14-13-20(16)22)25(23,24)19-11-7-4-8-12-19/h3-14,20-23H,15H2,1-2H3/t20-,21-,22-,23+,24-,25-/m0/s1. The van der Waals surface area contributed by atoms with Gasteiger partial charge in [-0.25, -0.2) is 0 Å². The SMILES string of the molecule is CC1=C(C)[C@]2(c3ccccc3)[C@H]3C[C@@H]4[C@H](C=C[C@@H]13)[C@@]42c1ccccc1. The van der Waals surface area contributed by atoms with Gasteiger partial charge in [-0.15, -0.1) is 0 Å². The number of rotatable bonds is 2. The van der Waals surface area contributed by atoms with E-state index in [1.165, 1.54) is 6.42 Å². The Morgan fingerprint density at radius 2 is 1.40 bits per heavy atom. The second-order valence-corrected chi connectivity index (χ2v) is 8.60. The summed E-state index contributed by atoms with van der Waals surface area (Å²) in [6, 6.07) is 22.9. The summed E-state index contributed by atoms with van der Waals surface area (Å²) in [6.07, 6.45) is 6.53. The lowest BCUT2D eigenvalue weighted by Gasteiger charge is -2.43. The van der Waals surface area contributed by atoms with Crippen molar-refractivity contribution in [1.82, 2.24) is 0 Å². The van der Waals surface area contributed by atoms with E-state index in [4.69, 9.17) is 0 Å². The van der Waals surface area contributed by atoms with Gasteiger partial charge in [-0.1, -0.05) is 84.0 Å². The van der Waals surface area contributed by atoms with Crippen molar-refractivity contribution >= 4 is 0 Å². The minimum atomic E-state index is 0.184. The summed E-state index contributed by atoms with van der Waals surface area (Å²) in [7, 11) is 0. The molecule has 0 nitrogen and oxygen atoms in total. The third-order valence-electron chi connectivity index (χ3n) is 8.27. The van der Waals surface area contributed by atoms with Gasteiger partial charge in [0.15, 0.2) is 0 Å². The molecule has 5 aliphatic carbocycles. The summed E-state index contributed by atoms with van der Waals surface area (Å²) >= 11 is 0. The van der Waals surface area contributed by atoms with Gasteiger partial charge in [0, 0.05) is 16.7 Å². The number of benzene rings is 2. The molecule has 6 bridgehead atoms. The summed E-state index contributed by atoms with van der Waals surface area (Å²) in [4.78, 5) is 0. The van der Waals surface area contributed by atoms with Gasteiger partial charge in [0.25, 0.3) is 0 Å². The monoisotopic (exact) mass is 324 g/mol. The molecule has 0 unspecified atom stereocenters. The van der Waals surface area contributed by atoms with Crippen molar-refractivity contribution in [3.8, 4) is 0 Å². The van der Waals surface area contributed by atoms with Crippen molar-refractivity contribution in [2.75, 3.05) is 0 Å². The zero-order valence-corrected chi connectivity index (χ0v) is 14.9. The normalized spacial score (nSPS) is 42.6. The Morgan fingerprint density at radius 3 is 2.08 bits per heavy atom. The number of hydrogen-bond acceptors (Lipinski definition) is 0. The molecule has 0 aromatic heterocycles. The quantitative estimate of drug-likeness (QED) is 0.625. The Labute approximate surface area is 150 Å². The summed E-state index contributed by atoms with van der Waals surface area (Å²) in [5.74, 6) is 2.89. The highest BCUT2D eigenvalue weighted by atomic mass is 14.8. The van der Waals surface area contributed by atoms with Crippen molar-refractivity contribution in [3.63, 3.8) is 0 Å². The van der Waals surface area contributed by atoms with Crippen molar-refractivity contribution in [2.24, 2.45) is 23.7 Å². The van der Waals surface area contributed by atoms with Crippen LogP contribution in [0.3, 0.4) is 0 Å². The van der Waals surface area contributed by atoms with Gasteiger partial charge in [-0.05, 0) is 49.1 Å². The summed E-state index contributed by atoms with van der Waals surface area (Å²) in [5, 5.41) is 0. The molecule has 0 saturated heterocycles. The molecule has 2 saturated carbocycles. The van der Waals surface area contributed by atoms with Crippen LogP contribution in [0, 0.1) is 23.7 Å². The fourth-order valence-corrected chi connectivity index (χ4v) is 7.52. The predicted molar refractivity (Wildman–Crippen MR) is 102 cm³/mol. The minimum Gasteiger partial charge on any atom is -0.0835 e. The fraction of sp³-hybridized carbons (Fsp3) is 0.360. The largest absolute Gasteiger partial charge is 0.0835 e. The zero-order chi connectivity index (χ0) is 16.8. The third-order valence-corrected chi connectivity index (χ3v) is 8.27. The van der Waals surface area contributed by atoms with Crippen LogP contribution < -0.4 is 0 Å². The highest BCUT2D eigenvalue weighted by Crippen LogP contribution is 2.84. The van der Waals surface area contributed by atoms with Crippen molar-refractivity contribution < 1.29 is 0 Å². The van der Waals surface area contributed by atoms with Gasteiger partial charge < -0.3 is 0 Å². The van der Waals surface area contributed by atoms with Gasteiger partial charge in [-0.2, -0.15) is 0 Å². The van der Waals surface area contributed by atoms with E-state index in [0.717, 1.165) is 11.8 Å². The van der Waals surface area contributed by atoms with Gasteiger partial charge in [0.05, 0.1) is 0 Å². The maximum atomic E-state index is 2.59. The molecule has 2 aromatic carbocycles. The Bertz CT molecular complexity index is 919. The molecule has 2 aromatic rings. The molecular weight excluding hydrogens is 300 g/mol.